The van der Waals surface area contributed by atoms with Crippen LogP contribution in [-0.2, 0) is 10.0 Å². The van der Waals surface area contributed by atoms with Gasteiger partial charge in [-0.3, -0.25) is 10.1 Å². The van der Waals surface area contributed by atoms with Gasteiger partial charge in [0.1, 0.15) is 0 Å². The van der Waals surface area contributed by atoms with Crippen molar-refractivity contribution >= 4 is 15.7 Å². The zero-order chi connectivity index (χ0) is 15.5. The van der Waals surface area contributed by atoms with Crippen LogP contribution in [0.2, 0.25) is 0 Å². The van der Waals surface area contributed by atoms with E-state index in [0.29, 0.717) is 12.5 Å². The van der Waals surface area contributed by atoms with E-state index in [-0.39, 0.29) is 4.90 Å². The Morgan fingerprint density at radius 2 is 1.95 bits per heavy atom. The van der Waals surface area contributed by atoms with E-state index in [0.717, 1.165) is 43.9 Å². The fourth-order valence-corrected chi connectivity index (χ4v) is 3.65. The van der Waals surface area contributed by atoms with Crippen LogP contribution in [0, 0.1) is 16.0 Å². The van der Waals surface area contributed by atoms with E-state index in [4.69, 9.17) is 0 Å². The van der Waals surface area contributed by atoms with Crippen LogP contribution in [0.5, 0.6) is 5.75 Å². The average molecular weight is 314 g/mol. The van der Waals surface area contributed by atoms with Gasteiger partial charge in [-0.05, 0) is 30.9 Å². The molecule has 116 valence electrons. The molecule has 1 aliphatic carbocycles. The smallest absolute Gasteiger partial charge is 0.312 e. The molecular weight excluding hydrogens is 296 g/mol. The van der Waals surface area contributed by atoms with E-state index in [9.17, 15) is 23.6 Å². The molecule has 0 aliphatic heterocycles. The van der Waals surface area contributed by atoms with E-state index in [2.05, 4.69) is 4.72 Å². The number of nitrogens with zero attached hydrogens (tertiary/aromatic N) is 1. The lowest BCUT2D eigenvalue weighted by atomic mass is 9.90. The molecule has 1 aromatic carbocycles. The van der Waals surface area contributed by atoms with Gasteiger partial charge in [0.15, 0.2) is 5.75 Å². The molecule has 2 rings (SSSR count). The van der Waals surface area contributed by atoms with Crippen molar-refractivity contribution in [3.05, 3.63) is 28.3 Å². The van der Waals surface area contributed by atoms with Crippen molar-refractivity contribution in [3.8, 4) is 5.75 Å². The van der Waals surface area contributed by atoms with E-state index in [1.54, 1.807) is 0 Å². The lowest BCUT2D eigenvalue weighted by Crippen LogP contribution is -2.30. The van der Waals surface area contributed by atoms with Crippen LogP contribution in [0.1, 0.15) is 32.1 Å². The number of rotatable bonds is 5. The second kappa shape index (κ2) is 6.40. The Hall–Kier alpha value is -1.67. The third-order valence-electron chi connectivity index (χ3n) is 3.74. The number of aromatic hydroxyl groups is 1. The molecule has 1 saturated carbocycles. The lowest BCUT2D eigenvalue weighted by molar-refractivity contribution is -0.386. The maximum Gasteiger partial charge on any atom is 0.312 e. The van der Waals surface area contributed by atoms with Gasteiger partial charge in [0.2, 0.25) is 10.0 Å². The highest BCUT2D eigenvalue weighted by Crippen LogP contribution is 2.28. The molecule has 0 spiro atoms. The number of nitro groups is 1. The molecule has 2 N–H and O–H groups in total. The monoisotopic (exact) mass is 314 g/mol. The average Bonchev–Trinajstić information content (AvgIpc) is 2.46. The number of nitro benzene ring substituents is 1. The molecule has 0 atom stereocenters. The molecule has 1 fully saturated rings. The summed E-state index contributed by atoms with van der Waals surface area (Å²) < 4.78 is 26.8. The van der Waals surface area contributed by atoms with Crippen molar-refractivity contribution in [1.82, 2.24) is 4.72 Å². The summed E-state index contributed by atoms with van der Waals surface area (Å²) in [6.45, 7) is 0.344. The van der Waals surface area contributed by atoms with Crippen LogP contribution in [0.25, 0.3) is 0 Å². The molecule has 0 unspecified atom stereocenters. The van der Waals surface area contributed by atoms with Crippen LogP contribution in [0.15, 0.2) is 23.1 Å². The first kappa shape index (κ1) is 15.7. The van der Waals surface area contributed by atoms with Gasteiger partial charge >= 0.3 is 5.69 Å². The quantitative estimate of drug-likeness (QED) is 0.639. The first-order chi connectivity index (χ1) is 9.90. The van der Waals surface area contributed by atoms with Crippen molar-refractivity contribution in [2.24, 2.45) is 5.92 Å². The lowest BCUT2D eigenvalue weighted by Gasteiger charge is -2.21. The van der Waals surface area contributed by atoms with Crippen LogP contribution < -0.4 is 4.72 Å². The highest BCUT2D eigenvalue weighted by Gasteiger charge is 2.22. The number of nitrogens with one attached hydrogen (secondary N) is 1. The SMILES string of the molecule is O=[N+]([O-])c1cc(S(=O)(=O)NCC2CCCCC2)ccc1O. The van der Waals surface area contributed by atoms with E-state index < -0.39 is 26.4 Å². The summed E-state index contributed by atoms with van der Waals surface area (Å²) in [4.78, 5) is 9.72. The number of phenols is 1. The van der Waals surface area contributed by atoms with Crippen molar-refractivity contribution in [3.63, 3.8) is 0 Å². The number of hydrogen-bond donors (Lipinski definition) is 2. The Balaban J connectivity index is 2.11. The topological polar surface area (TPSA) is 110 Å². The van der Waals surface area contributed by atoms with Crippen LogP contribution >= 0.6 is 0 Å². The van der Waals surface area contributed by atoms with Gasteiger partial charge in [0.25, 0.3) is 0 Å². The molecular formula is C13H18N2O5S. The van der Waals surface area contributed by atoms with Crippen LogP contribution in [0.3, 0.4) is 0 Å². The molecule has 8 heteroatoms. The zero-order valence-electron chi connectivity index (χ0n) is 11.5. The second-order valence-corrected chi connectivity index (χ2v) is 7.03. The standard InChI is InChI=1S/C13H18N2O5S/c16-13-7-6-11(8-12(13)15(17)18)21(19,20)14-9-10-4-2-1-3-5-10/h6-8,10,14,16H,1-5,9H2. The molecule has 1 aliphatic rings. The molecule has 1 aromatic rings. The number of benzene rings is 1. The van der Waals surface area contributed by atoms with Gasteiger partial charge in [0, 0.05) is 12.6 Å². The largest absolute Gasteiger partial charge is 0.502 e. The molecule has 0 aromatic heterocycles. The minimum absolute atomic E-state index is 0.206. The Kier molecular flexibility index (Phi) is 4.79. The van der Waals surface area contributed by atoms with Crippen LogP contribution in [-0.4, -0.2) is 25.0 Å². The molecule has 0 bridgehead atoms. The predicted octanol–water partition coefficient (Wildman–Crippen LogP) is 2.16. The first-order valence-electron chi connectivity index (χ1n) is 6.87. The molecule has 0 heterocycles. The third kappa shape index (κ3) is 3.92. The van der Waals surface area contributed by atoms with Gasteiger partial charge < -0.3 is 5.11 Å². The normalized spacial score (nSPS) is 16.8. The minimum atomic E-state index is -3.80. The van der Waals surface area contributed by atoms with Crippen molar-refractivity contribution in [2.75, 3.05) is 6.54 Å². The Bertz CT molecular complexity index is 623. The number of sulfonamides is 1. The summed E-state index contributed by atoms with van der Waals surface area (Å²) in [6, 6.07) is 3.05. The summed E-state index contributed by atoms with van der Waals surface area (Å²) in [6.07, 6.45) is 5.40. The molecule has 0 saturated heterocycles. The molecule has 7 nitrogen and oxygen atoms in total. The van der Waals surface area contributed by atoms with E-state index in [1.807, 2.05) is 0 Å². The molecule has 0 amide bonds. The van der Waals surface area contributed by atoms with Gasteiger partial charge in [0.05, 0.1) is 9.82 Å². The molecule has 21 heavy (non-hydrogen) atoms. The fourth-order valence-electron chi connectivity index (χ4n) is 2.52. The fraction of sp³-hybridized carbons (Fsp3) is 0.538. The highest BCUT2D eigenvalue weighted by molar-refractivity contribution is 7.89. The first-order valence-corrected chi connectivity index (χ1v) is 8.35. The summed E-state index contributed by atoms with van der Waals surface area (Å²) in [7, 11) is -3.80. The van der Waals surface area contributed by atoms with Crippen molar-refractivity contribution in [1.29, 1.82) is 0 Å². The maximum atomic E-state index is 12.1. The second-order valence-electron chi connectivity index (χ2n) is 5.26. The summed E-state index contributed by atoms with van der Waals surface area (Å²) >= 11 is 0. The van der Waals surface area contributed by atoms with Gasteiger partial charge in [-0.1, -0.05) is 19.3 Å². The van der Waals surface area contributed by atoms with E-state index >= 15 is 0 Å². The Morgan fingerprint density at radius 3 is 2.57 bits per heavy atom. The van der Waals surface area contributed by atoms with Gasteiger partial charge in [-0.15, -0.1) is 0 Å². The van der Waals surface area contributed by atoms with E-state index in [1.165, 1.54) is 6.42 Å². The van der Waals surface area contributed by atoms with Crippen molar-refractivity contribution in [2.45, 2.75) is 37.0 Å². The zero-order valence-corrected chi connectivity index (χ0v) is 12.3. The van der Waals surface area contributed by atoms with Gasteiger partial charge in [-0.2, -0.15) is 0 Å². The summed E-state index contributed by atoms with van der Waals surface area (Å²) in [5.41, 5.74) is -0.615. The minimum Gasteiger partial charge on any atom is -0.502 e. The third-order valence-corrected chi connectivity index (χ3v) is 5.16. The Labute approximate surface area is 123 Å². The predicted molar refractivity (Wildman–Crippen MR) is 76.5 cm³/mol. The van der Waals surface area contributed by atoms with Crippen molar-refractivity contribution < 1.29 is 18.4 Å². The molecule has 0 radical (unpaired) electrons. The number of phenolic OH excluding ortho intramolecular Hbond substituents is 1. The van der Waals surface area contributed by atoms with Crippen LogP contribution in [0.4, 0.5) is 5.69 Å². The number of hydrogen-bond acceptors (Lipinski definition) is 5. The Morgan fingerprint density at radius 1 is 1.29 bits per heavy atom. The summed E-state index contributed by atoms with van der Waals surface area (Å²) in [5.74, 6) is -0.230. The maximum absolute atomic E-state index is 12.1. The highest BCUT2D eigenvalue weighted by atomic mass is 32.2. The summed E-state index contributed by atoms with van der Waals surface area (Å²) in [5, 5.41) is 20.1. The van der Waals surface area contributed by atoms with Gasteiger partial charge in [-0.25, -0.2) is 13.1 Å².